The minimum absolute atomic E-state index is 0.0304. The summed E-state index contributed by atoms with van der Waals surface area (Å²) in [5.74, 6) is 1.51. The van der Waals surface area contributed by atoms with Gasteiger partial charge in [-0.3, -0.25) is 4.79 Å². The van der Waals surface area contributed by atoms with Crippen molar-refractivity contribution in [1.29, 1.82) is 0 Å². The second-order valence-corrected chi connectivity index (χ2v) is 14.5. The zero-order chi connectivity index (χ0) is 24.1. The quantitative estimate of drug-likeness (QED) is 0.256. The maximum absolute atomic E-state index is 12.2. The van der Waals surface area contributed by atoms with Crippen molar-refractivity contribution in [3.05, 3.63) is 59.7 Å². The molecule has 174 valence electrons. The Morgan fingerprint density at radius 1 is 1.06 bits per heavy atom. The number of hydrogen-bond donors (Lipinski definition) is 1. The number of carbonyl (C=O) groups excluding carboxylic acids is 1. The third-order valence-electron chi connectivity index (χ3n) is 5.81. The van der Waals surface area contributed by atoms with Crippen molar-refractivity contribution in [3.8, 4) is 17.2 Å². The lowest BCUT2D eigenvalue weighted by atomic mass is 10.1. The van der Waals surface area contributed by atoms with Gasteiger partial charge in [0.15, 0.2) is 5.78 Å². The van der Waals surface area contributed by atoms with Crippen LogP contribution in [0, 0.1) is 5.92 Å². The van der Waals surface area contributed by atoms with Crippen LogP contribution in [0.4, 0.5) is 0 Å². The number of aliphatic hydroxyl groups is 1. The first-order valence-corrected chi connectivity index (χ1v) is 13.8. The first-order chi connectivity index (χ1) is 14.8. The lowest BCUT2D eigenvalue weighted by Crippen LogP contribution is -2.44. The zero-order valence-electron chi connectivity index (χ0n) is 20.5. The second kappa shape index (κ2) is 10.3. The number of methoxy groups -OCH3 is 1. The van der Waals surface area contributed by atoms with Crippen molar-refractivity contribution in [3.63, 3.8) is 0 Å². The first kappa shape index (κ1) is 25.5. The van der Waals surface area contributed by atoms with Crippen LogP contribution in [0.15, 0.2) is 48.5 Å². The van der Waals surface area contributed by atoms with Gasteiger partial charge in [-0.1, -0.05) is 46.8 Å². The van der Waals surface area contributed by atoms with E-state index in [2.05, 4.69) is 33.9 Å². The minimum Gasteiger partial charge on any atom is -0.543 e. The molecule has 0 saturated heterocycles. The van der Waals surface area contributed by atoms with E-state index in [0.717, 1.165) is 11.3 Å². The van der Waals surface area contributed by atoms with Gasteiger partial charge < -0.3 is 19.0 Å². The maximum Gasteiger partial charge on any atom is 0.250 e. The van der Waals surface area contributed by atoms with E-state index in [1.165, 1.54) is 6.08 Å². The average molecular weight is 457 g/mol. The monoisotopic (exact) mass is 456 g/mol. The molecule has 5 nitrogen and oxygen atoms in total. The smallest absolute Gasteiger partial charge is 0.250 e. The van der Waals surface area contributed by atoms with Crippen LogP contribution in [0.5, 0.6) is 17.2 Å². The highest BCUT2D eigenvalue weighted by atomic mass is 28.4. The summed E-state index contributed by atoms with van der Waals surface area (Å²) in [7, 11) is -0.563. The van der Waals surface area contributed by atoms with Crippen molar-refractivity contribution in [2.24, 2.45) is 5.92 Å². The SMILES string of the molecule is COc1ccc(COc2ccc(/C(O)=C/C(=O)C(C)C)c(O[Si](C)(C)C(C)(C)C)c2)cc1. The Balaban J connectivity index is 2.36. The van der Waals surface area contributed by atoms with Crippen LogP contribution in [-0.2, 0) is 11.4 Å². The molecule has 2 rings (SSSR count). The molecule has 0 saturated carbocycles. The molecule has 2 aromatic carbocycles. The van der Waals surface area contributed by atoms with Gasteiger partial charge in [-0.15, -0.1) is 0 Å². The third kappa shape index (κ3) is 6.63. The summed E-state index contributed by atoms with van der Waals surface area (Å²) in [6.45, 7) is 14.7. The average Bonchev–Trinajstić information content (AvgIpc) is 2.71. The van der Waals surface area contributed by atoms with E-state index in [9.17, 15) is 9.90 Å². The van der Waals surface area contributed by atoms with Crippen molar-refractivity contribution >= 4 is 19.9 Å². The topological polar surface area (TPSA) is 65.0 Å². The molecule has 0 spiro atoms. The fourth-order valence-corrected chi connectivity index (χ4v) is 3.61. The fourth-order valence-electron chi connectivity index (χ4n) is 2.58. The van der Waals surface area contributed by atoms with Crippen LogP contribution in [0.3, 0.4) is 0 Å². The Hall–Kier alpha value is -2.73. The van der Waals surface area contributed by atoms with E-state index in [1.54, 1.807) is 39.2 Å². The molecule has 0 fully saturated rings. The fraction of sp³-hybridized carbons (Fsp3) is 0.423. The van der Waals surface area contributed by atoms with Crippen LogP contribution < -0.4 is 13.9 Å². The van der Waals surface area contributed by atoms with E-state index in [1.807, 2.05) is 24.3 Å². The second-order valence-electron chi connectivity index (χ2n) is 9.74. The van der Waals surface area contributed by atoms with E-state index in [-0.39, 0.29) is 22.5 Å². The molecule has 0 atom stereocenters. The molecular weight excluding hydrogens is 420 g/mol. The van der Waals surface area contributed by atoms with Crippen LogP contribution in [-0.4, -0.2) is 26.3 Å². The molecule has 6 heteroatoms. The number of allylic oxidation sites excluding steroid dienone is 1. The van der Waals surface area contributed by atoms with E-state index in [0.29, 0.717) is 23.7 Å². The standard InChI is InChI=1S/C26H36O5Si/c1-18(2)23(27)16-24(28)22-14-13-21(15-25(22)31-32(7,8)26(3,4)5)30-17-19-9-11-20(29-6)12-10-19/h9-16,18,28H,17H2,1-8H3/b24-16-. The van der Waals surface area contributed by atoms with Crippen LogP contribution in [0.1, 0.15) is 45.7 Å². The highest BCUT2D eigenvalue weighted by molar-refractivity contribution is 6.74. The molecule has 0 aliphatic rings. The number of rotatable bonds is 9. The molecule has 0 bridgehead atoms. The largest absolute Gasteiger partial charge is 0.543 e. The molecule has 0 heterocycles. The highest BCUT2D eigenvalue weighted by Gasteiger charge is 2.39. The molecule has 0 aliphatic heterocycles. The van der Waals surface area contributed by atoms with Gasteiger partial charge in [0.05, 0.1) is 12.7 Å². The van der Waals surface area contributed by atoms with E-state index >= 15 is 0 Å². The predicted molar refractivity (Wildman–Crippen MR) is 132 cm³/mol. The molecule has 2 aromatic rings. The maximum atomic E-state index is 12.2. The lowest BCUT2D eigenvalue weighted by molar-refractivity contribution is -0.117. The Kier molecular flexibility index (Phi) is 8.18. The number of carbonyl (C=O) groups is 1. The highest BCUT2D eigenvalue weighted by Crippen LogP contribution is 2.40. The lowest BCUT2D eigenvalue weighted by Gasteiger charge is -2.37. The Morgan fingerprint density at radius 2 is 1.66 bits per heavy atom. The van der Waals surface area contributed by atoms with Gasteiger partial charge in [-0.25, -0.2) is 0 Å². The summed E-state index contributed by atoms with van der Waals surface area (Å²) in [5.41, 5.74) is 1.49. The van der Waals surface area contributed by atoms with Crippen molar-refractivity contribution in [2.75, 3.05) is 7.11 Å². The van der Waals surface area contributed by atoms with Crippen LogP contribution >= 0.6 is 0 Å². The number of aliphatic hydroxyl groups excluding tert-OH is 1. The molecular formula is C26H36O5Si. The molecule has 32 heavy (non-hydrogen) atoms. The molecule has 0 radical (unpaired) electrons. The molecule has 0 aliphatic carbocycles. The third-order valence-corrected chi connectivity index (χ3v) is 10.2. The van der Waals surface area contributed by atoms with Gasteiger partial charge in [0.1, 0.15) is 29.6 Å². The van der Waals surface area contributed by atoms with E-state index < -0.39 is 8.32 Å². The summed E-state index contributed by atoms with van der Waals surface area (Å²) >= 11 is 0. The summed E-state index contributed by atoms with van der Waals surface area (Å²) < 4.78 is 17.7. The van der Waals surface area contributed by atoms with Crippen molar-refractivity contribution in [2.45, 2.75) is 59.4 Å². The first-order valence-electron chi connectivity index (χ1n) is 10.9. The molecule has 1 N–H and O–H groups in total. The Bertz CT molecular complexity index is 953. The molecule has 0 aromatic heterocycles. The van der Waals surface area contributed by atoms with Crippen molar-refractivity contribution in [1.82, 2.24) is 0 Å². The van der Waals surface area contributed by atoms with Gasteiger partial charge >= 0.3 is 0 Å². The summed E-state index contributed by atoms with van der Waals surface area (Å²) in [6, 6.07) is 13.0. The minimum atomic E-state index is -2.20. The molecule has 0 unspecified atom stereocenters. The van der Waals surface area contributed by atoms with Gasteiger partial charge in [0, 0.05) is 18.1 Å². The number of ketones is 1. The Morgan fingerprint density at radius 3 is 2.19 bits per heavy atom. The van der Waals surface area contributed by atoms with E-state index in [4.69, 9.17) is 13.9 Å². The van der Waals surface area contributed by atoms with Gasteiger partial charge in [-0.2, -0.15) is 0 Å². The normalized spacial score (nSPS) is 12.6. The summed E-state index contributed by atoms with van der Waals surface area (Å²) in [5, 5.41) is 10.7. The Labute approximate surface area is 193 Å². The van der Waals surface area contributed by atoms with Gasteiger partial charge in [0.25, 0.3) is 8.32 Å². The zero-order valence-corrected chi connectivity index (χ0v) is 21.5. The van der Waals surface area contributed by atoms with Gasteiger partial charge in [-0.05, 0) is 48.0 Å². The summed E-state index contributed by atoms with van der Waals surface area (Å²) in [6.07, 6.45) is 1.27. The predicted octanol–water partition coefficient (Wildman–Crippen LogP) is 6.78. The van der Waals surface area contributed by atoms with Crippen LogP contribution in [0.2, 0.25) is 18.1 Å². The van der Waals surface area contributed by atoms with Crippen molar-refractivity contribution < 1.29 is 23.8 Å². The number of benzene rings is 2. The van der Waals surface area contributed by atoms with Gasteiger partial charge in [0.2, 0.25) is 0 Å². The number of hydrogen-bond acceptors (Lipinski definition) is 5. The van der Waals surface area contributed by atoms with Crippen LogP contribution in [0.25, 0.3) is 5.76 Å². The molecule has 0 amide bonds. The number of ether oxygens (including phenoxy) is 2. The summed E-state index contributed by atoms with van der Waals surface area (Å²) in [4.78, 5) is 12.2.